The van der Waals surface area contributed by atoms with Crippen LogP contribution in [0.15, 0.2) is 24.4 Å². The van der Waals surface area contributed by atoms with Gasteiger partial charge < -0.3 is 15.0 Å². The van der Waals surface area contributed by atoms with E-state index in [1.54, 1.807) is 7.11 Å². The molecule has 1 aromatic carbocycles. The molecule has 1 heterocycles. The molecule has 0 saturated heterocycles. The quantitative estimate of drug-likeness (QED) is 0.881. The monoisotopic (exact) mass is 246 g/mol. The van der Waals surface area contributed by atoms with Crippen LogP contribution in [0.4, 0.5) is 0 Å². The fraction of sp³-hybridized carbons (Fsp3) is 0.467. The van der Waals surface area contributed by atoms with Crippen LogP contribution in [0.25, 0.3) is 10.9 Å². The molecule has 0 atom stereocenters. The van der Waals surface area contributed by atoms with Crippen molar-refractivity contribution in [1.82, 2.24) is 4.57 Å². The van der Waals surface area contributed by atoms with Gasteiger partial charge in [-0.3, -0.25) is 0 Å². The molecule has 2 rings (SSSR count). The summed E-state index contributed by atoms with van der Waals surface area (Å²) < 4.78 is 7.52. The molecular weight excluding hydrogens is 224 g/mol. The number of methoxy groups -OCH3 is 1. The number of nitrogens with zero attached hydrogens (tertiary/aromatic N) is 1. The third kappa shape index (κ3) is 2.42. The molecule has 1 aromatic heterocycles. The number of fused-ring (bicyclic) bond motifs is 1. The Balaban J connectivity index is 2.55. The zero-order valence-electron chi connectivity index (χ0n) is 11.4. The van der Waals surface area contributed by atoms with E-state index in [0.29, 0.717) is 19.2 Å². The summed E-state index contributed by atoms with van der Waals surface area (Å²) in [5.74, 6) is 0. The van der Waals surface area contributed by atoms with Gasteiger partial charge in [-0.1, -0.05) is 6.07 Å². The first-order valence-corrected chi connectivity index (χ1v) is 6.48. The molecule has 0 fully saturated rings. The van der Waals surface area contributed by atoms with Gasteiger partial charge in [0.15, 0.2) is 0 Å². The minimum Gasteiger partial charge on any atom is -0.380 e. The standard InChI is InChI=1S/C15H22N2O/c1-11(2)17-9-13(6-7-16)14-8-12(10-18-3)4-5-15(14)17/h4-5,8-9,11H,6-7,10,16H2,1-3H3. The molecule has 2 aromatic rings. The van der Waals surface area contributed by atoms with Crippen LogP contribution in [-0.2, 0) is 17.8 Å². The van der Waals surface area contributed by atoms with E-state index in [1.165, 1.54) is 22.0 Å². The van der Waals surface area contributed by atoms with Crippen molar-refractivity contribution in [2.75, 3.05) is 13.7 Å². The summed E-state index contributed by atoms with van der Waals surface area (Å²) in [5.41, 5.74) is 9.53. The van der Waals surface area contributed by atoms with Crippen LogP contribution < -0.4 is 5.73 Å². The molecule has 0 aliphatic heterocycles. The lowest BCUT2D eigenvalue weighted by atomic mass is 10.1. The molecule has 2 N–H and O–H groups in total. The second-order valence-electron chi connectivity index (χ2n) is 4.98. The lowest BCUT2D eigenvalue weighted by Gasteiger charge is -2.09. The highest BCUT2D eigenvalue weighted by Crippen LogP contribution is 2.26. The van der Waals surface area contributed by atoms with E-state index in [2.05, 4.69) is 42.8 Å². The Bertz CT molecular complexity index is 529. The average Bonchev–Trinajstić information content (AvgIpc) is 2.69. The lowest BCUT2D eigenvalue weighted by Crippen LogP contribution is -2.02. The Kier molecular flexibility index (Phi) is 4.04. The van der Waals surface area contributed by atoms with E-state index in [0.717, 1.165) is 6.42 Å². The summed E-state index contributed by atoms with van der Waals surface area (Å²) in [6.45, 7) is 5.75. The van der Waals surface area contributed by atoms with Crippen molar-refractivity contribution in [3.8, 4) is 0 Å². The zero-order valence-corrected chi connectivity index (χ0v) is 11.4. The molecular formula is C15H22N2O. The van der Waals surface area contributed by atoms with Crippen molar-refractivity contribution >= 4 is 10.9 Å². The van der Waals surface area contributed by atoms with Gasteiger partial charge in [0.2, 0.25) is 0 Å². The van der Waals surface area contributed by atoms with E-state index in [1.807, 2.05) is 0 Å². The van der Waals surface area contributed by atoms with Gasteiger partial charge >= 0.3 is 0 Å². The number of hydrogen-bond acceptors (Lipinski definition) is 2. The van der Waals surface area contributed by atoms with Crippen molar-refractivity contribution < 1.29 is 4.74 Å². The first-order chi connectivity index (χ1) is 8.67. The minimum absolute atomic E-state index is 0.465. The molecule has 18 heavy (non-hydrogen) atoms. The van der Waals surface area contributed by atoms with Crippen LogP contribution in [0.2, 0.25) is 0 Å². The summed E-state index contributed by atoms with van der Waals surface area (Å²) in [6.07, 6.45) is 3.16. The summed E-state index contributed by atoms with van der Waals surface area (Å²) in [7, 11) is 1.73. The number of hydrogen-bond donors (Lipinski definition) is 1. The largest absolute Gasteiger partial charge is 0.380 e. The van der Waals surface area contributed by atoms with Gasteiger partial charge in [-0.15, -0.1) is 0 Å². The summed E-state index contributed by atoms with van der Waals surface area (Å²) in [6, 6.07) is 7.01. The van der Waals surface area contributed by atoms with Gasteiger partial charge in [0, 0.05) is 30.3 Å². The fourth-order valence-corrected chi connectivity index (χ4v) is 2.41. The average molecular weight is 246 g/mol. The van der Waals surface area contributed by atoms with Crippen molar-refractivity contribution in [2.24, 2.45) is 5.73 Å². The number of ether oxygens (including phenoxy) is 1. The summed E-state index contributed by atoms with van der Waals surface area (Å²) in [5, 5.41) is 1.31. The molecule has 0 bridgehead atoms. The molecule has 0 spiro atoms. The van der Waals surface area contributed by atoms with Crippen molar-refractivity contribution in [3.05, 3.63) is 35.5 Å². The first kappa shape index (κ1) is 13.1. The second kappa shape index (κ2) is 5.55. The zero-order chi connectivity index (χ0) is 13.1. The minimum atomic E-state index is 0.465. The van der Waals surface area contributed by atoms with Crippen LogP contribution in [0.3, 0.4) is 0 Å². The maximum Gasteiger partial charge on any atom is 0.0713 e. The predicted octanol–water partition coefficient (Wildman–Crippen LogP) is 2.87. The third-order valence-corrected chi connectivity index (χ3v) is 3.26. The first-order valence-electron chi connectivity index (χ1n) is 6.48. The Morgan fingerprint density at radius 1 is 1.33 bits per heavy atom. The van der Waals surface area contributed by atoms with Crippen molar-refractivity contribution in [1.29, 1.82) is 0 Å². The Morgan fingerprint density at radius 3 is 2.72 bits per heavy atom. The van der Waals surface area contributed by atoms with Crippen molar-refractivity contribution in [2.45, 2.75) is 32.9 Å². The van der Waals surface area contributed by atoms with E-state index in [9.17, 15) is 0 Å². The van der Waals surface area contributed by atoms with Gasteiger partial charge in [0.1, 0.15) is 0 Å². The van der Waals surface area contributed by atoms with Crippen LogP contribution >= 0.6 is 0 Å². The number of benzene rings is 1. The second-order valence-corrected chi connectivity index (χ2v) is 4.98. The van der Waals surface area contributed by atoms with Gasteiger partial charge in [0.25, 0.3) is 0 Å². The maximum absolute atomic E-state index is 5.70. The Labute approximate surface area is 109 Å². The Morgan fingerprint density at radius 2 is 2.11 bits per heavy atom. The normalized spacial score (nSPS) is 11.6. The van der Waals surface area contributed by atoms with Gasteiger partial charge in [0.05, 0.1) is 6.61 Å². The molecule has 98 valence electrons. The van der Waals surface area contributed by atoms with Gasteiger partial charge in [-0.2, -0.15) is 0 Å². The van der Waals surface area contributed by atoms with Crippen LogP contribution in [0.1, 0.15) is 31.0 Å². The molecule has 0 unspecified atom stereocenters. The molecule has 0 aliphatic carbocycles. The molecule has 3 nitrogen and oxygen atoms in total. The summed E-state index contributed by atoms with van der Waals surface area (Å²) in [4.78, 5) is 0. The Hall–Kier alpha value is -1.32. The van der Waals surface area contributed by atoms with Gasteiger partial charge in [-0.25, -0.2) is 0 Å². The fourth-order valence-electron chi connectivity index (χ4n) is 2.41. The van der Waals surface area contributed by atoms with Crippen LogP contribution in [0.5, 0.6) is 0 Å². The highest BCUT2D eigenvalue weighted by Gasteiger charge is 2.10. The van der Waals surface area contributed by atoms with Crippen LogP contribution in [0, 0.1) is 0 Å². The van der Waals surface area contributed by atoms with Crippen LogP contribution in [-0.4, -0.2) is 18.2 Å². The number of rotatable bonds is 5. The van der Waals surface area contributed by atoms with Gasteiger partial charge in [-0.05, 0) is 50.1 Å². The van der Waals surface area contributed by atoms with Crippen molar-refractivity contribution in [3.63, 3.8) is 0 Å². The molecule has 0 radical (unpaired) electrons. The molecule has 0 amide bonds. The maximum atomic E-state index is 5.70. The number of nitrogens with two attached hydrogens (primary N) is 1. The SMILES string of the molecule is COCc1ccc2c(c1)c(CCN)cn2C(C)C. The lowest BCUT2D eigenvalue weighted by molar-refractivity contribution is 0.185. The molecule has 3 heteroatoms. The van der Waals surface area contributed by atoms with E-state index >= 15 is 0 Å². The van der Waals surface area contributed by atoms with E-state index < -0.39 is 0 Å². The third-order valence-electron chi connectivity index (χ3n) is 3.26. The predicted molar refractivity (Wildman–Crippen MR) is 75.8 cm³/mol. The summed E-state index contributed by atoms with van der Waals surface area (Å²) >= 11 is 0. The highest BCUT2D eigenvalue weighted by atomic mass is 16.5. The van der Waals surface area contributed by atoms with E-state index in [4.69, 9.17) is 10.5 Å². The molecule has 0 aliphatic rings. The van der Waals surface area contributed by atoms with E-state index in [-0.39, 0.29) is 0 Å². The topological polar surface area (TPSA) is 40.2 Å². The number of aromatic nitrogens is 1. The highest BCUT2D eigenvalue weighted by molar-refractivity contribution is 5.85. The smallest absolute Gasteiger partial charge is 0.0713 e. The molecule has 0 saturated carbocycles.